The quantitative estimate of drug-likeness (QED) is 0.900. The van der Waals surface area contributed by atoms with E-state index >= 15 is 0 Å². The highest BCUT2D eigenvalue weighted by molar-refractivity contribution is 5.74. The molecule has 3 rings (SSSR count). The van der Waals surface area contributed by atoms with Gasteiger partial charge in [-0.15, -0.1) is 10.2 Å². The van der Waals surface area contributed by atoms with Crippen molar-refractivity contribution in [1.29, 1.82) is 0 Å². The molecule has 0 spiro atoms. The van der Waals surface area contributed by atoms with Crippen molar-refractivity contribution in [2.45, 2.75) is 38.8 Å². The molecule has 1 aliphatic heterocycles. The highest BCUT2D eigenvalue weighted by Crippen LogP contribution is 2.21. The molecule has 2 N–H and O–H groups in total. The van der Waals surface area contributed by atoms with Crippen molar-refractivity contribution >= 4 is 11.7 Å². The van der Waals surface area contributed by atoms with Gasteiger partial charge in [0.05, 0.1) is 12.1 Å². The number of nitrogens with one attached hydrogen (secondary N) is 1. The molecule has 1 saturated heterocycles. The van der Waals surface area contributed by atoms with Crippen LogP contribution in [0.25, 0.3) is 5.65 Å². The second kappa shape index (κ2) is 6.54. The third-order valence-corrected chi connectivity index (χ3v) is 4.58. The summed E-state index contributed by atoms with van der Waals surface area (Å²) in [5, 5.41) is 20.9. The van der Waals surface area contributed by atoms with Crippen LogP contribution in [0.4, 0.5) is 4.79 Å². The number of piperidine rings is 1. The maximum Gasteiger partial charge on any atom is 0.317 e. The smallest absolute Gasteiger partial charge is 0.317 e. The summed E-state index contributed by atoms with van der Waals surface area (Å²) in [6.07, 6.45) is 3.27. The van der Waals surface area contributed by atoms with Gasteiger partial charge in [-0.2, -0.15) is 0 Å². The molecule has 2 aromatic rings. The highest BCUT2D eigenvalue weighted by Gasteiger charge is 2.26. The maximum atomic E-state index is 12.4. The molecule has 0 radical (unpaired) electrons. The zero-order valence-electron chi connectivity index (χ0n) is 13.5. The molecule has 2 amide bonds. The van der Waals surface area contributed by atoms with Gasteiger partial charge in [-0.1, -0.05) is 6.07 Å². The lowest BCUT2D eigenvalue weighted by Crippen LogP contribution is -2.46. The summed E-state index contributed by atoms with van der Waals surface area (Å²) in [6.45, 7) is 5.08. The van der Waals surface area contributed by atoms with Crippen LogP contribution in [0.2, 0.25) is 0 Å². The Labute approximate surface area is 135 Å². The number of nitrogens with zero attached hydrogens (tertiary/aromatic N) is 4. The lowest BCUT2D eigenvalue weighted by atomic mass is 9.92. The predicted octanol–water partition coefficient (Wildman–Crippen LogP) is 1.59. The summed E-state index contributed by atoms with van der Waals surface area (Å²) < 4.78 is 1.88. The molecule has 2 unspecified atom stereocenters. The lowest BCUT2D eigenvalue weighted by Gasteiger charge is -2.33. The fourth-order valence-electron chi connectivity index (χ4n) is 3.08. The number of fused-ring (bicyclic) bond motifs is 1. The Hall–Kier alpha value is -2.15. The van der Waals surface area contributed by atoms with Gasteiger partial charge in [-0.25, -0.2) is 4.79 Å². The molecule has 1 aliphatic rings. The minimum atomic E-state index is -0.304. The van der Waals surface area contributed by atoms with E-state index in [1.54, 1.807) is 4.90 Å². The third kappa shape index (κ3) is 3.29. The van der Waals surface area contributed by atoms with Crippen molar-refractivity contribution < 1.29 is 9.90 Å². The van der Waals surface area contributed by atoms with Gasteiger partial charge in [0, 0.05) is 19.3 Å². The van der Waals surface area contributed by atoms with Gasteiger partial charge in [0.1, 0.15) is 0 Å². The summed E-state index contributed by atoms with van der Waals surface area (Å²) in [4.78, 5) is 14.2. The van der Waals surface area contributed by atoms with Crippen LogP contribution in [-0.2, 0) is 0 Å². The van der Waals surface area contributed by atoms with E-state index in [2.05, 4.69) is 15.5 Å². The van der Waals surface area contributed by atoms with E-state index in [9.17, 15) is 9.90 Å². The van der Waals surface area contributed by atoms with E-state index in [1.165, 1.54) is 0 Å². The molecule has 7 heteroatoms. The third-order valence-electron chi connectivity index (χ3n) is 4.58. The second-order valence-electron chi connectivity index (χ2n) is 6.22. The molecular formula is C16H23N5O2. The Kier molecular flexibility index (Phi) is 4.47. The average molecular weight is 317 g/mol. The monoisotopic (exact) mass is 317 g/mol. The molecule has 0 aromatic carbocycles. The number of carbonyl (C=O) groups is 1. The Morgan fingerprint density at radius 2 is 2.04 bits per heavy atom. The van der Waals surface area contributed by atoms with Crippen molar-refractivity contribution in [1.82, 2.24) is 24.8 Å². The molecule has 7 nitrogen and oxygen atoms in total. The first-order valence-electron chi connectivity index (χ1n) is 8.09. The van der Waals surface area contributed by atoms with Crippen molar-refractivity contribution in [2.75, 3.05) is 13.1 Å². The van der Waals surface area contributed by atoms with E-state index in [1.807, 2.05) is 42.6 Å². The van der Waals surface area contributed by atoms with Crippen LogP contribution < -0.4 is 5.32 Å². The van der Waals surface area contributed by atoms with Crippen molar-refractivity contribution in [3.8, 4) is 0 Å². The number of amides is 2. The summed E-state index contributed by atoms with van der Waals surface area (Å²) >= 11 is 0. The largest absolute Gasteiger partial charge is 0.393 e. The number of aliphatic hydroxyl groups excluding tert-OH is 1. The number of aliphatic hydroxyl groups is 1. The first-order chi connectivity index (χ1) is 11.1. The normalized spacial score (nSPS) is 18.8. The summed E-state index contributed by atoms with van der Waals surface area (Å²) in [7, 11) is 0. The number of rotatable bonds is 3. The molecule has 3 heterocycles. The number of hydrogen-bond acceptors (Lipinski definition) is 4. The SMILES string of the molecule is CC(NC(=O)N1CCC(C(C)O)CC1)c1nnc2ccccn12. The molecule has 2 atom stereocenters. The molecule has 2 aromatic heterocycles. The van der Waals surface area contributed by atoms with E-state index in [-0.39, 0.29) is 24.1 Å². The van der Waals surface area contributed by atoms with Crippen LogP contribution in [-0.4, -0.2) is 49.8 Å². The standard InChI is InChI=1S/C16H23N5O2/c1-11(15-19-18-14-5-3-4-8-21(14)15)17-16(23)20-9-6-13(7-10-20)12(2)22/h3-5,8,11-13,22H,6-7,9-10H2,1-2H3,(H,17,23). The van der Waals surface area contributed by atoms with Crippen molar-refractivity contribution in [2.24, 2.45) is 5.92 Å². The van der Waals surface area contributed by atoms with Gasteiger partial charge in [-0.3, -0.25) is 4.40 Å². The van der Waals surface area contributed by atoms with E-state index in [4.69, 9.17) is 0 Å². The number of carbonyl (C=O) groups excluding carboxylic acids is 1. The van der Waals surface area contributed by atoms with Gasteiger partial charge < -0.3 is 15.3 Å². The van der Waals surface area contributed by atoms with E-state index in [0.29, 0.717) is 18.9 Å². The maximum absolute atomic E-state index is 12.4. The van der Waals surface area contributed by atoms with E-state index in [0.717, 1.165) is 18.5 Å². The van der Waals surface area contributed by atoms with Gasteiger partial charge >= 0.3 is 6.03 Å². The lowest BCUT2D eigenvalue weighted by molar-refractivity contribution is 0.0793. The minimum absolute atomic E-state index is 0.0887. The highest BCUT2D eigenvalue weighted by atomic mass is 16.3. The minimum Gasteiger partial charge on any atom is -0.393 e. The van der Waals surface area contributed by atoms with Gasteiger partial charge in [-0.05, 0) is 44.7 Å². The number of hydrogen-bond donors (Lipinski definition) is 2. The van der Waals surface area contributed by atoms with Crippen LogP contribution in [0.3, 0.4) is 0 Å². The average Bonchev–Trinajstić information content (AvgIpc) is 2.99. The zero-order chi connectivity index (χ0) is 16.4. The Balaban J connectivity index is 1.62. The second-order valence-corrected chi connectivity index (χ2v) is 6.22. The molecule has 0 bridgehead atoms. The topological polar surface area (TPSA) is 82.8 Å². The van der Waals surface area contributed by atoms with Crippen LogP contribution in [0.15, 0.2) is 24.4 Å². The van der Waals surface area contributed by atoms with Crippen LogP contribution in [0.5, 0.6) is 0 Å². The summed E-state index contributed by atoms with van der Waals surface area (Å²) in [5.74, 6) is 1.00. The van der Waals surface area contributed by atoms with Gasteiger partial charge in [0.25, 0.3) is 0 Å². The molecule has 124 valence electrons. The number of aromatic nitrogens is 3. The predicted molar refractivity (Wildman–Crippen MR) is 85.9 cm³/mol. The molecule has 0 aliphatic carbocycles. The number of pyridine rings is 1. The summed E-state index contributed by atoms with van der Waals surface area (Å²) in [6, 6.07) is 5.38. The first kappa shape index (κ1) is 15.7. The first-order valence-corrected chi connectivity index (χ1v) is 8.09. The summed E-state index contributed by atoms with van der Waals surface area (Å²) in [5.41, 5.74) is 0.765. The van der Waals surface area contributed by atoms with Crippen LogP contribution in [0, 0.1) is 5.92 Å². The molecule has 1 fully saturated rings. The molecule has 0 saturated carbocycles. The number of urea groups is 1. The van der Waals surface area contributed by atoms with Gasteiger partial charge in [0.2, 0.25) is 0 Å². The fourth-order valence-corrected chi connectivity index (χ4v) is 3.08. The molecular weight excluding hydrogens is 294 g/mol. The molecule has 23 heavy (non-hydrogen) atoms. The van der Waals surface area contributed by atoms with E-state index < -0.39 is 0 Å². The fraction of sp³-hybridized carbons (Fsp3) is 0.562. The van der Waals surface area contributed by atoms with Crippen LogP contribution >= 0.6 is 0 Å². The van der Waals surface area contributed by atoms with Crippen molar-refractivity contribution in [3.05, 3.63) is 30.2 Å². The van der Waals surface area contributed by atoms with Crippen molar-refractivity contribution in [3.63, 3.8) is 0 Å². The Morgan fingerprint density at radius 3 is 2.74 bits per heavy atom. The van der Waals surface area contributed by atoms with Crippen LogP contribution in [0.1, 0.15) is 38.6 Å². The Bertz CT molecular complexity index is 676. The zero-order valence-corrected chi connectivity index (χ0v) is 13.5. The van der Waals surface area contributed by atoms with Gasteiger partial charge in [0.15, 0.2) is 11.5 Å². The number of likely N-dealkylation sites (tertiary alicyclic amines) is 1. The Morgan fingerprint density at radius 1 is 1.30 bits per heavy atom.